The smallest absolute Gasteiger partial charge is 0.0587 e. The number of aliphatic hydroxyl groups excluding tert-OH is 1. The Labute approximate surface area is 127 Å². The van der Waals surface area contributed by atoms with Crippen LogP contribution in [0.5, 0.6) is 0 Å². The number of aliphatic hydroxyl groups is 1. The highest BCUT2D eigenvalue weighted by atomic mass is 16.5. The lowest BCUT2D eigenvalue weighted by molar-refractivity contribution is 0.151. The van der Waals surface area contributed by atoms with Crippen molar-refractivity contribution in [3.05, 3.63) is 29.1 Å². The fourth-order valence-corrected chi connectivity index (χ4v) is 3.53. The van der Waals surface area contributed by atoms with Crippen molar-refractivity contribution in [3.63, 3.8) is 0 Å². The van der Waals surface area contributed by atoms with E-state index in [1.807, 2.05) is 0 Å². The zero-order valence-corrected chi connectivity index (χ0v) is 12.9. The second-order valence-corrected chi connectivity index (χ2v) is 6.20. The van der Waals surface area contributed by atoms with E-state index in [4.69, 9.17) is 9.72 Å². The number of ether oxygens (including phenoxy) is 1. The third-order valence-corrected chi connectivity index (χ3v) is 4.86. The number of rotatable bonds is 5. The van der Waals surface area contributed by atoms with Crippen LogP contribution in [0.1, 0.15) is 49.1 Å². The van der Waals surface area contributed by atoms with Crippen molar-refractivity contribution in [2.75, 3.05) is 26.4 Å². The number of hydrogen-bond acceptors (Lipinski definition) is 4. The highest BCUT2D eigenvalue weighted by Crippen LogP contribution is 2.29. The van der Waals surface area contributed by atoms with Gasteiger partial charge in [-0.3, -0.25) is 9.88 Å². The average molecular weight is 290 g/mol. The van der Waals surface area contributed by atoms with Crippen LogP contribution in [0.4, 0.5) is 0 Å². The molecule has 116 valence electrons. The molecule has 4 nitrogen and oxygen atoms in total. The monoisotopic (exact) mass is 290 g/mol. The molecule has 3 rings (SSSR count). The molecular formula is C17H26N2O2. The molecule has 0 unspecified atom stereocenters. The van der Waals surface area contributed by atoms with Gasteiger partial charge in [0.1, 0.15) is 0 Å². The molecule has 0 aliphatic carbocycles. The molecule has 3 heterocycles. The predicted molar refractivity (Wildman–Crippen MR) is 82.3 cm³/mol. The molecule has 0 amide bonds. The minimum absolute atomic E-state index is 0.259. The molecule has 4 heteroatoms. The van der Waals surface area contributed by atoms with E-state index < -0.39 is 0 Å². The minimum atomic E-state index is 0.259. The first kappa shape index (κ1) is 14.9. The molecule has 2 saturated heterocycles. The molecule has 21 heavy (non-hydrogen) atoms. The molecule has 2 atom stereocenters. The van der Waals surface area contributed by atoms with Crippen molar-refractivity contribution in [2.24, 2.45) is 0 Å². The van der Waals surface area contributed by atoms with Crippen LogP contribution in [0.25, 0.3) is 0 Å². The maximum absolute atomic E-state index is 9.51. The topological polar surface area (TPSA) is 45.6 Å². The largest absolute Gasteiger partial charge is 0.395 e. The molecule has 2 fully saturated rings. The van der Waals surface area contributed by atoms with E-state index >= 15 is 0 Å². The SMILES string of the molecule is CCc1ccc([C@H]2CCOC2)c(CN2CCC[C@H]2CO)n1. The lowest BCUT2D eigenvalue weighted by atomic mass is 9.96. The maximum Gasteiger partial charge on any atom is 0.0587 e. The molecule has 2 aliphatic rings. The second-order valence-electron chi connectivity index (χ2n) is 6.20. The van der Waals surface area contributed by atoms with E-state index in [9.17, 15) is 5.11 Å². The maximum atomic E-state index is 9.51. The minimum Gasteiger partial charge on any atom is -0.395 e. The van der Waals surface area contributed by atoms with Crippen LogP contribution in [0, 0.1) is 0 Å². The van der Waals surface area contributed by atoms with Gasteiger partial charge < -0.3 is 9.84 Å². The van der Waals surface area contributed by atoms with E-state index in [0.717, 1.165) is 51.3 Å². The van der Waals surface area contributed by atoms with Gasteiger partial charge in [0.25, 0.3) is 0 Å². The molecule has 1 aromatic heterocycles. The van der Waals surface area contributed by atoms with Gasteiger partial charge in [-0.2, -0.15) is 0 Å². The first-order valence-electron chi connectivity index (χ1n) is 8.23. The van der Waals surface area contributed by atoms with Crippen molar-refractivity contribution in [1.29, 1.82) is 0 Å². The van der Waals surface area contributed by atoms with Gasteiger partial charge in [0, 0.05) is 30.8 Å². The van der Waals surface area contributed by atoms with E-state index in [1.165, 1.54) is 17.7 Å². The zero-order valence-electron chi connectivity index (χ0n) is 12.9. The molecule has 0 spiro atoms. The summed E-state index contributed by atoms with van der Waals surface area (Å²) < 4.78 is 5.55. The van der Waals surface area contributed by atoms with E-state index in [-0.39, 0.29) is 6.61 Å². The number of hydrogen-bond donors (Lipinski definition) is 1. The Morgan fingerprint density at radius 3 is 3.00 bits per heavy atom. The fraction of sp³-hybridized carbons (Fsp3) is 0.706. The Hall–Kier alpha value is -0.970. The van der Waals surface area contributed by atoms with Gasteiger partial charge in [0.15, 0.2) is 0 Å². The Balaban J connectivity index is 1.83. The predicted octanol–water partition coefficient (Wildman–Crippen LogP) is 2.10. The van der Waals surface area contributed by atoms with Gasteiger partial charge in [-0.05, 0) is 43.9 Å². The normalized spacial score (nSPS) is 26.6. The van der Waals surface area contributed by atoms with E-state index in [1.54, 1.807) is 0 Å². The summed E-state index contributed by atoms with van der Waals surface area (Å²) in [6.07, 6.45) is 4.36. The molecular weight excluding hydrogens is 264 g/mol. The number of pyridine rings is 1. The Bertz CT molecular complexity index is 472. The fourth-order valence-electron chi connectivity index (χ4n) is 3.53. The molecule has 0 bridgehead atoms. The second kappa shape index (κ2) is 6.86. The van der Waals surface area contributed by atoms with Crippen LogP contribution in [0.2, 0.25) is 0 Å². The molecule has 0 saturated carbocycles. The van der Waals surface area contributed by atoms with Crippen molar-refractivity contribution >= 4 is 0 Å². The Morgan fingerprint density at radius 1 is 1.38 bits per heavy atom. The van der Waals surface area contributed by atoms with Crippen LogP contribution in [0.3, 0.4) is 0 Å². The van der Waals surface area contributed by atoms with Crippen LogP contribution < -0.4 is 0 Å². The van der Waals surface area contributed by atoms with Gasteiger partial charge in [-0.1, -0.05) is 13.0 Å². The molecule has 2 aliphatic heterocycles. The average Bonchev–Trinajstić information content (AvgIpc) is 3.18. The molecule has 1 N–H and O–H groups in total. The summed E-state index contributed by atoms with van der Waals surface area (Å²) in [5, 5.41) is 9.51. The van der Waals surface area contributed by atoms with Gasteiger partial charge in [-0.25, -0.2) is 0 Å². The van der Waals surface area contributed by atoms with Gasteiger partial charge in [0.05, 0.1) is 18.9 Å². The third-order valence-electron chi connectivity index (χ3n) is 4.86. The Morgan fingerprint density at radius 2 is 2.29 bits per heavy atom. The summed E-state index contributed by atoms with van der Waals surface area (Å²) in [6, 6.07) is 4.72. The summed E-state index contributed by atoms with van der Waals surface area (Å²) in [5.74, 6) is 0.494. The summed E-state index contributed by atoms with van der Waals surface area (Å²) >= 11 is 0. The van der Waals surface area contributed by atoms with Crippen molar-refractivity contribution < 1.29 is 9.84 Å². The van der Waals surface area contributed by atoms with Crippen molar-refractivity contribution in [2.45, 2.75) is 51.1 Å². The van der Waals surface area contributed by atoms with Crippen LogP contribution in [0.15, 0.2) is 12.1 Å². The lowest BCUT2D eigenvalue weighted by Gasteiger charge is -2.24. The molecule has 0 aromatic carbocycles. The standard InChI is InChI=1S/C17H26N2O2/c1-2-14-5-6-16(13-7-9-21-12-13)17(18-14)10-19-8-3-4-15(19)11-20/h5-6,13,15,20H,2-4,7-12H2,1H3/t13-,15-/m0/s1. The summed E-state index contributed by atoms with van der Waals surface area (Å²) in [5.41, 5.74) is 3.71. The number of nitrogens with zero attached hydrogens (tertiary/aromatic N) is 2. The van der Waals surface area contributed by atoms with Gasteiger partial charge in [-0.15, -0.1) is 0 Å². The molecule has 1 aromatic rings. The Kier molecular flexibility index (Phi) is 4.88. The van der Waals surface area contributed by atoms with Gasteiger partial charge in [0.2, 0.25) is 0 Å². The van der Waals surface area contributed by atoms with E-state index in [0.29, 0.717) is 12.0 Å². The van der Waals surface area contributed by atoms with E-state index in [2.05, 4.69) is 24.0 Å². The zero-order chi connectivity index (χ0) is 14.7. The highest BCUT2D eigenvalue weighted by molar-refractivity contribution is 5.28. The highest BCUT2D eigenvalue weighted by Gasteiger charge is 2.27. The molecule has 0 radical (unpaired) electrons. The number of likely N-dealkylation sites (tertiary alicyclic amines) is 1. The lowest BCUT2D eigenvalue weighted by Crippen LogP contribution is -2.32. The summed E-state index contributed by atoms with van der Waals surface area (Å²) in [4.78, 5) is 7.28. The first-order valence-corrected chi connectivity index (χ1v) is 8.23. The quantitative estimate of drug-likeness (QED) is 0.902. The first-order chi connectivity index (χ1) is 10.3. The van der Waals surface area contributed by atoms with Crippen LogP contribution in [-0.4, -0.2) is 47.4 Å². The number of aryl methyl sites for hydroxylation is 1. The summed E-state index contributed by atoms with van der Waals surface area (Å²) in [7, 11) is 0. The number of aromatic nitrogens is 1. The van der Waals surface area contributed by atoms with Crippen molar-refractivity contribution in [3.8, 4) is 0 Å². The van der Waals surface area contributed by atoms with Crippen molar-refractivity contribution in [1.82, 2.24) is 9.88 Å². The third kappa shape index (κ3) is 3.28. The van der Waals surface area contributed by atoms with Crippen LogP contribution >= 0.6 is 0 Å². The van der Waals surface area contributed by atoms with Gasteiger partial charge >= 0.3 is 0 Å². The van der Waals surface area contributed by atoms with Crippen LogP contribution in [-0.2, 0) is 17.7 Å². The summed E-state index contributed by atoms with van der Waals surface area (Å²) in [6.45, 7) is 6.03.